The van der Waals surface area contributed by atoms with Gasteiger partial charge in [0.15, 0.2) is 5.17 Å². The van der Waals surface area contributed by atoms with Crippen molar-refractivity contribution in [1.29, 1.82) is 5.26 Å². The van der Waals surface area contributed by atoms with E-state index >= 15 is 0 Å². The van der Waals surface area contributed by atoms with Gasteiger partial charge in [0.2, 0.25) is 0 Å². The minimum Gasteiger partial charge on any atom is -0.378 e. The Hall–Kier alpha value is -2.30. The molecule has 1 amide bonds. The van der Waals surface area contributed by atoms with Crippen molar-refractivity contribution in [3.63, 3.8) is 0 Å². The first-order valence-electron chi connectivity index (χ1n) is 7.57. The highest BCUT2D eigenvalue weighted by Crippen LogP contribution is 2.39. The number of carbonyl (C=O) groups is 1. The van der Waals surface area contributed by atoms with Gasteiger partial charge in [0.05, 0.1) is 16.0 Å². The SMILES string of the molecule is CC(C)(C)Sc1c(C#N)cnc2ccc(/C=C3\SC(N)=NC3=O)cc12. The molecule has 0 radical (unpaired) electrons. The van der Waals surface area contributed by atoms with Gasteiger partial charge in [-0.05, 0) is 35.5 Å². The third kappa shape index (κ3) is 3.86. The first-order valence-corrected chi connectivity index (χ1v) is 9.20. The van der Waals surface area contributed by atoms with Gasteiger partial charge in [-0.15, -0.1) is 11.8 Å². The molecule has 126 valence electrons. The predicted octanol–water partition coefficient (Wildman–Crippen LogP) is 3.93. The summed E-state index contributed by atoms with van der Waals surface area (Å²) in [5, 5.41) is 10.6. The van der Waals surface area contributed by atoms with E-state index in [1.807, 2.05) is 18.2 Å². The molecule has 1 aliphatic heterocycles. The first kappa shape index (κ1) is 17.5. The fourth-order valence-electron chi connectivity index (χ4n) is 2.35. The lowest BCUT2D eigenvalue weighted by Crippen LogP contribution is -2.07. The third-order valence-electron chi connectivity index (χ3n) is 3.31. The summed E-state index contributed by atoms with van der Waals surface area (Å²) in [6, 6.07) is 7.96. The van der Waals surface area contributed by atoms with Crippen molar-refractivity contribution in [3.8, 4) is 6.07 Å². The molecular weight excluding hydrogens is 352 g/mol. The van der Waals surface area contributed by atoms with Crippen molar-refractivity contribution >= 4 is 51.6 Å². The van der Waals surface area contributed by atoms with Gasteiger partial charge in [-0.1, -0.05) is 26.8 Å². The largest absolute Gasteiger partial charge is 0.378 e. The smallest absolute Gasteiger partial charge is 0.286 e. The summed E-state index contributed by atoms with van der Waals surface area (Å²) >= 11 is 2.80. The standard InChI is InChI=1S/C18H16N4OS2/c1-18(2,3)25-15-11(8-19)9-21-13-5-4-10(6-12(13)15)7-14-16(23)22-17(20)24-14/h4-7,9H,1-3H3,(H2,20,22,23)/b14-7-. The van der Waals surface area contributed by atoms with Crippen molar-refractivity contribution in [2.24, 2.45) is 10.7 Å². The fourth-order valence-corrected chi connectivity index (χ4v) is 4.12. The van der Waals surface area contributed by atoms with Crippen LogP contribution in [-0.4, -0.2) is 20.8 Å². The summed E-state index contributed by atoms with van der Waals surface area (Å²) in [7, 11) is 0. The molecule has 2 N–H and O–H groups in total. The molecule has 1 aliphatic rings. The van der Waals surface area contributed by atoms with Crippen molar-refractivity contribution in [2.75, 3.05) is 0 Å². The van der Waals surface area contributed by atoms with Crippen molar-refractivity contribution in [2.45, 2.75) is 30.4 Å². The Bertz CT molecular complexity index is 981. The zero-order chi connectivity index (χ0) is 18.2. The number of amides is 1. The maximum atomic E-state index is 11.8. The van der Waals surface area contributed by atoms with Gasteiger partial charge in [0.1, 0.15) is 6.07 Å². The van der Waals surface area contributed by atoms with Crippen LogP contribution in [0, 0.1) is 11.3 Å². The number of amidine groups is 1. The van der Waals surface area contributed by atoms with Crippen LogP contribution < -0.4 is 5.73 Å². The number of aromatic nitrogens is 1. The number of pyridine rings is 1. The summed E-state index contributed by atoms with van der Waals surface area (Å²) in [5.41, 5.74) is 7.81. The zero-order valence-corrected chi connectivity index (χ0v) is 15.7. The summed E-state index contributed by atoms with van der Waals surface area (Å²) in [6.45, 7) is 6.31. The molecule has 2 heterocycles. The molecule has 2 aromatic rings. The van der Waals surface area contributed by atoms with Crippen LogP contribution in [0.2, 0.25) is 0 Å². The molecule has 1 aromatic heterocycles. The minimum absolute atomic E-state index is 0.0477. The van der Waals surface area contributed by atoms with Crippen LogP contribution in [0.3, 0.4) is 0 Å². The number of nitrogens with two attached hydrogens (primary N) is 1. The van der Waals surface area contributed by atoms with Gasteiger partial charge in [-0.25, -0.2) is 0 Å². The quantitative estimate of drug-likeness (QED) is 0.638. The molecule has 0 saturated heterocycles. The maximum Gasteiger partial charge on any atom is 0.286 e. The molecule has 0 saturated carbocycles. The molecule has 7 heteroatoms. The second kappa shape index (κ2) is 6.54. The molecule has 25 heavy (non-hydrogen) atoms. The highest BCUT2D eigenvalue weighted by Gasteiger charge is 2.21. The molecule has 1 aromatic carbocycles. The van der Waals surface area contributed by atoms with E-state index in [1.54, 1.807) is 24.0 Å². The van der Waals surface area contributed by atoms with Crippen molar-refractivity contribution in [1.82, 2.24) is 4.98 Å². The summed E-state index contributed by atoms with van der Waals surface area (Å²) in [4.78, 5) is 21.3. The molecule has 0 atom stereocenters. The van der Waals surface area contributed by atoms with Crippen LogP contribution in [0.5, 0.6) is 0 Å². The Labute approximate surface area is 154 Å². The second-order valence-corrected chi connectivity index (χ2v) is 9.37. The molecule has 5 nitrogen and oxygen atoms in total. The Morgan fingerprint density at radius 1 is 1.36 bits per heavy atom. The van der Waals surface area contributed by atoms with Gasteiger partial charge < -0.3 is 5.73 Å². The second-order valence-electron chi connectivity index (χ2n) is 6.47. The number of fused-ring (bicyclic) bond motifs is 1. The zero-order valence-electron chi connectivity index (χ0n) is 14.0. The summed E-state index contributed by atoms with van der Waals surface area (Å²) in [6.07, 6.45) is 3.37. The lowest BCUT2D eigenvalue weighted by Gasteiger charge is -2.19. The number of thioether (sulfide) groups is 2. The lowest BCUT2D eigenvalue weighted by molar-refractivity contribution is -0.113. The van der Waals surface area contributed by atoms with Crippen LogP contribution in [0.25, 0.3) is 17.0 Å². The van der Waals surface area contributed by atoms with Gasteiger partial charge in [0, 0.05) is 21.2 Å². The molecule has 0 fully saturated rings. The number of benzene rings is 1. The number of hydrogen-bond acceptors (Lipinski definition) is 6. The van der Waals surface area contributed by atoms with Crippen LogP contribution in [0.15, 0.2) is 39.2 Å². The summed E-state index contributed by atoms with van der Waals surface area (Å²) < 4.78 is -0.0477. The molecule has 0 bridgehead atoms. The predicted molar refractivity (Wildman–Crippen MR) is 104 cm³/mol. The van der Waals surface area contributed by atoms with E-state index < -0.39 is 0 Å². The van der Waals surface area contributed by atoms with Gasteiger partial charge >= 0.3 is 0 Å². The lowest BCUT2D eigenvalue weighted by atomic mass is 10.1. The molecule has 0 aliphatic carbocycles. The Kier molecular flexibility index (Phi) is 4.58. The van der Waals surface area contributed by atoms with E-state index in [4.69, 9.17) is 5.73 Å². The highest BCUT2D eigenvalue weighted by atomic mass is 32.2. The number of aliphatic imine (C=N–C) groups is 1. The number of rotatable bonds is 2. The Morgan fingerprint density at radius 3 is 2.72 bits per heavy atom. The van der Waals surface area contributed by atoms with Gasteiger partial charge in [0.25, 0.3) is 5.91 Å². The number of nitrogens with zero attached hydrogens (tertiary/aromatic N) is 3. The monoisotopic (exact) mass is 368 g/mol. The highest BCUT2D eigenvalue weighted by molar-refractivity contribution is 8.18. The first-order chi connectivity index (χ1) is 11.8. The maximum absolute atomic E-state index is 11.8. The fraction of sp³-hybridized carbons (Fsp3) is 0.222. The van der Waals surface area contributed by atoms with E-state index in [0.717, 1.165) is 33.1 Å². The van der Waals surface area contributed by atoms with E-state index in [2.05, 4.69) is 36.8 Å². The van der Waals surface area contributed by atoms with Crippen molar-refractivity contribution in [3.05, 3.63) is 40.4 Å². The third-order valence-corrected chi connectivity index (χ3v) is 5.38. The Morgan fingerprint density at radius 2 is 2.12 bits per heavy atom. The average Bonchev–Trinajstić information content (AvgIpc) is 2.84. The molecular formula is C18H16N4OS2. The van der Waals surface area contributed by atoms with Crippen LogP contribution >= 0.6 is 23.5 Å². The normalized spacial score (nSPS) is 16.3. The van der Waals surface area contributed by atoms with Crippen molar-refractivity contribution < 1.29 is 4.79 Å². The van der Waals surface area contributed by atoms with Crippen LogP contribution in [-0.2, 0) is 4.79 Å². The van der Waals surface area contributed by atoms with E-state index in [1.165, 1.54) is 0 Å². The van der Waals surface area contributed by atoms with Crippen LogP contribution in [0.4, 0.5) is 0 Å². The summed E-state index contributed by atoms with van der Waals surface area (Å²) in [5.74, 6) is -0.323. The number of carbonyl (C=O) groups excluding carboxylic acids is 1. The Balaban J connectivity index is 2.13. The molecule has 0 unspecified atom stereocenters. The van der Waals surface area contributed by atoms with E-state index in [9.17, 15) is 10.1 Å². The topological polar surface area (TPSA) is 92.1 Å². The van der Waals surface area contributed by atoms with Gasteiger partial charge in [-0.3, -0.25) is 9.78 Å². The number of hydrogen-bond donors (Lipinski definition) is 1. The van der Waals surface area contributed by atoms with Gasteiger partial charge in [-0.2, -0.15) is 10.3 Å². The van der Waals surface area contributed by atoms with E-state index in [0.29, 0.717) is 10.5 Å². The molecule has 3 rings (SSSR count). The van der Waals surface area contributed by atoms with E-state index in [-0.39, 0.29) is 15.8 Å². The number of nitriles is 1. The minimum atomic E-state index is -0.323. The average molecular weight is 368 g/mol. The van der Waals surface area contributed by atoms with Crippen LogP contribution in [0.1, 0.15) is 31.9 Å². The molecule has 0 spiro atoms.